The summed E-state index contributed by atoms with van der Waals surface area (Å²) in [7, 11) is 5.75. The van der Waals surface area contributed by atoms with Gasteiger partial charge in [-0.25, -0.2) is 0 Å². The second-order valence-electron chi connectivity index (χ2n) is 0.500. The topological polar surface area (TPSA) is 52.5 Å². The Morgan fingerprint density at radius 2 is 0.857 bits per heavy atom. The molecule has 3 N–H and O–H groups in total. The van der Waals surface area contributed by atoms with E-state index in [-0.39, 0.29) is 0 Å². The van der Waals surface area contributed by atoms with Crippen molar-refractivity contribution < 1.29 is 10.2 Å². The van der Waals surface area contributed by atoms with Gasteiger partial charge < -0.3 is 15.5 Å². The molecule has 3 nitrogen and oxygen atoms in total. The average Bonchev–Trinajstić information content (AvgIpc) is 1.78. The van der Waals surface area contributed by atoms with E-state index in [1.807, 2.05) is 14.1 Å². The summed E-state index contributed by atoms with van der Waals surface area (Å²) in [4.78, 5) is 0. The highest BCUT2D eigenvalue weighted by Crippen LogP contribution is 0.981. The molecule has 0 aromatic heterocycles. The van der Waals surface area contributed by atoms with Gasteiger partial charge in [0, 0.05) is 14.2 Å². The molecule has 0 unspecified atom stereocenters. The van der Waals surface area contributed by atoms with E-state index < -0.39 is 0 Å². The molecule has 0 rings (SSSR count). The summed E-state index contributed by atoms with van der Waals surface area (Å²) >= 11 is 0. The standard InChI is InChI=1S/C2H7N.2CH4O/c1-3-2;2*1-2/h3H,1-2H3;2*2H,1H3. The van der Waals surface area contributed by atoms with E-state index in [0.717, 1.165) is 14.2 Å². The fourth-order valence-corrected chi connectivity index (χ4v) is 0. The van der Waals surface area contributed by atoms with Gasteiger partial charge >= 0.3 is 0 Å². The Kier molecular flexibility index (Phi) is 408. The Morgan fingerprint density at radius 1 is 0.857 bits per heavy atom. The van der Waals surface area contributed by atoms with Gasteiger partial charge in [0.25, 0.3) is 0 Å². The molecule has 0 aromatic rings. The highest BCUT2D eigenvalue weighted by atomic mass is 16.2. The Bertz CT molecular complexity index is 9.65. The first-order valence-corrected chi connectivity index (χ1v) is 1.89. The van der Waals surface area contributed by atoms with E-state index in [1.54, 1.807) is 0 Å². The summed E-state index contributed by atoms with van der Waals surface area (Å²) in [5, 5.41) is 16.8. The first-order valence-electron chi connectivity index (χ1n) is 1.89. The number of hydrogen-bond donors (Lipinski definition) is 3. The molecule has 0 fully saturated rings. The van der Waals surface area contributed by atoms with Crippen LogP contribution in [-0.2, 0) is 0 Å². The van der Waals surface area contributed by atoms with Crippen molar-refractivity contribution in [2.75, 3.05) is 28.3 Å². The first-order chi connectivity index (χ1) is 3.41. The van der Waals surface area contributed by atoms with Gasteiger partial charge in [0.15, 0.2) is 0 Å². The third-order valence-electron chi connectivity index (χ3n) is 0. The normalized spacial score (nSPS) is 4.29. The van der Waals surface area contributed by atoms with Crippen LogP contribution in [-0.4, -0.2) is 38.5 Å². The van der Waals surface area contributed by atoms with Crippen LogP contribution in [0.15, 0.2) is 0 Å². The Balaban J connectivity index is -0.0000000360. The first kappa shape index (κ1) is 15.8. The van der Waals surface area contributed by atoms with Crippen LogP contribution in [0.25, 0.3) is 0 Å². The summed E-state index contributed by atoms with van der Waals surface area (Å²) in [6, 6.07) is 0. The monoisotopic (exact) mass is 109 g/mol. The largest absolute Gasteiger partial charge is 0.400 e. The van der Waals surface area contributed by atoms with Crippen molar-refractivity contribution in [2.45, 2.75) is 0 Å². The molecule has 0 aliphatic carbocycles. The molecule has 3 heteroatoms. The van der Waals surface area contributed by atoms with Gasteiger partial charge in [-0.15, -0.1) is 0 Å². The zero-order valence-corrected chi connectivity index (χ0v) is 5.39. The van der Waals surface area contributed by atoms with Crippen molar-refractivity contribution in [3.63, 3.8) is 0 Å². The lowest BCUT2D eigenvalue weighted by atomic mass is 11.3. The third kappa shape index (κ3) is 6150. The highest BCUT2D eigenvalue weighted by molar-refractivity contribution is 3.91. The quantitative estimate of drug-likeness (QED) is 0.376. The van der Waals surface area contributed by atoms with Gasteiger partial charge in [-0.3, -0.25) is 0 Å². The van der Waals surface area contributed by atoms with E-state index in [0.29, 0.717) is 0 Å². The molecule has 0 heterocycles. The van der Waals surface area contributed by atoms with E-state index in [1.165, 1.54) is 0 Å². The van der Waals surface area contributed by atoms with Gasteiger partial charge in [-0.1, -0.05) is 0 Å². The van der Waals surface area contributed by atoms with Crippen LogP contribution < -0.4 is 5.32 Å². The molecule has 0 spiro atoms. The lowest BCUT2D eigenvalue weighted by molar-refractivity contribution is 0.399. The Morgan fingerprint density at radius 3 is 0.857 bits per heavy atom. The van der Waals surface area contributed by atoms with Crippen LogP contribution in [0.5, 0.6) is 0 Å². The number of hydrogen-bond acceptors (Lipinski definition) is 3. The zero-order chi connectivity index (χ0) is 6.71. The molecular weight excluding hydrogens is 94.0 g/mol. The molecule has 0 aromatic carbocycles. The molecule has 0 aliphatic rings. The summed E-state index contributed by atoms with van der Waals surface area (Å²) in [5.41, 5.74) is 0. The van der Waals surface area contributed by atoms with Crippen LogP contribution >= 0.6 is 0 Å². The minimum Gasteiger partial charge on any atom is -0.400 e. The van der Waals surface area contributed by atoms with Crippen LogP contribution in [0.4, 0.5) is 0 Å². The predicted molar refractivity (Wildman–Crippen MR) is 31.3 cm³/mol. The minimum absolute atomic E-state index is 1.00. The van der Waals surface area contributed by atoms with Crippen molar-refractivity contribution in [3.05, 3.63) is 0 Å². The van der Waals surface area contributed by atoms with Crippen LogP contribution in [0.2, 0.25) is 0 Å². The fourth-order valence-electron chi connectivity index (χ4n) is 0. The van der Waals surface area contributed by atoms with E-state index >= 15 is 0 Å². The molecule has 0 saturated carbocycles. The van der Waals surface area contributed by atoms with Gasteiger partial charge in [-0.2, -0.15) is 0 Å². The molecule has 7 heavy (non-hydrogen) atoms. The van der Waals surface area contributed by atoms with Crippen molar-refractivity contribution in [1.82, 2.24) is 5.32 Å². The summed E-state index contributed by atoms with van der Waals surface area (Å²) in [5.74, 6) is 0. The molecule has 48 valence electrons. The molecular formula is C4H15NO2. The van der Waals surface area contributed by atoms with E-state index in [4.69, 9.17) is 10.2 Å². The molecule has 0 amide bonds. The van der Waals surface area contributed by atoms with Crippen LogP contribution in [0.3, 0.4) is 0 Å². The predicted octanol–water partition coefficient (Wildman–Crippen LogP) is -0.947. The van der Waals surface area contributed by atoms with Crippen LogP contribution in [0, 0.1) is 0 Å². The fraction of sp³-hybridized carbons (Fsp3) is 1.00. The molecule has 0 bridgehead atoms. The summed E-state index contributed by atoms with van der Waals surface area (Å²) in [6.45, 7) is 0. The van der Waals surface area contributed by atoms with Gasteiger partial charge in [0.2, 0.25) is 0 Å². The lowest BCUT2D eigenvalue weighted by Crippen LogP contribution is -1.89. The number of aliphatic hydroxyl groups is 2. The van der Waals surface area contributed by atoms with E-state index in [2.05, 4.69) is 5.32 Å². The lowest BCUT2D eigenvalue weighted by Gasteiger charge is -1.59. The Labute approximate surface area is 45.0 Å². The molecule has 0 radical (unpaired) electrons. The van der Waals surface area contributed by atoms with Crippen molar-refractivity contribution in [3.8, 4) is 0 Å². The van der Waals surface area contributed by atoms with Crippen molar-refractivity contribution in [2.24, 2.45) is 0 Å². The van der Waals surface area contributed by atoms with E-state index in [9.17, 15) is 0 Å². The number of nitrogens with one attached hydrogen (secondary N) is 1. The smallest absolute Gasteiger partial charge is 0.0319 e. The molecule has 0 saturated heterocycles. The van der Waals surface area contributed by atoms with Crippen molar-refractivity contribution >= 4 is 0 Å². The molecule has 0 aliphatic heterocycles. The average molecular weight is 109 g/mol. The SMILES string of the molecule is CNC.CO.CO. The zero-order valence-electron chi connectivity index (χ0n) is 5.39. The summed E-state index contributed by atoms with van der Waals surface area (Å²) < 4.78 is 0. The second kappa shape index (κ2) is 181. The maximum Gasteiger partial charge on any atom is 0.0319 e. The number of aliphatic hydroxyl groups excluding tert-OH is 2. The summed E-state index contributed by atoms with van der Waals surface area (Å²) in [6.07, 6.45) is 0. The number of rotatable bonds is 0. The Hall–Kier alpha value is -0.120. The highest BCUT2D eigenvalue weighted by Gasteiger charge is 1.25. The van der Waals surface area contributed by atoms with Crippen LogP contribution in [0.1, 0.15) is 0 Å². The molecule has 0 atom stereocenters. The minimum atomic E-state index is 1.00. The van der Waals surface area contributed by atoms with Gasteiger partial charge in [0.05, 0.1) is 0 Å². The van der Waals surface area contributed by atoms with Gasteiger partial charge in [0.1, 0.15) is 0 Å². The maximum absolute atomic E-state index is 7.00. The van der Waals surface area contributed by atoms with Gasteiger partial charge in [-0.05, 0) is 14.1 Å². The second-order valence-corrected chi connectivity index (χ2v) is 0.500. The maximum atomic E-state index is 7.00. The third-order valence-corrected chi connectivity index (χ3v) is 0. The van der Waals surface area contributed by atoms with Crippen molar-refractivity contribution in [1.29, 1.82) is 0 Å².